The molecule has 3 heterocycles. The van der Waals surface area contributed by atoms with Gasteiger partial charge in [0.1, 0.15) is 11.8 Å². The Balaban J connectivity index is 1.47. The Kier molecular flexibility index (Phi) is 3.87. The number of rotatable bonds is 2. The Labute approximate surface area is 161 Å². The molecule has 2 aromatic heterocycles. The number of fused-ring (bicyclic) bond motifs is 2. The van der Waals surface area contributed by atoms with Crippen LogP contribution in [0.15, 0.2) is 59.4 Å². The molecule has 4 aromatic rings. The maximum Gasteiger partial charge on any atom is 0.326 e. The Morgan fingerprint density at radius 3 is 2.64 bits per heavy atom. The molecule has 1 fully saturated rings. The molecule has 5 rings (SSSR count). The van der Waals surface area contributed by atoms with E-state index in [2.05, 4.69) is 27.0 Å². The van der Waals surface area contributed by atoms with Crippen molar-refractivity contribution in [1.82, 2.24) is 14.5 Å². The molecular formula is C22H19N5O. The van der Waals surface area contributed by atoms with E-state index in [4.69, 9.17) is 0 Å². The summed E-state index contributed by atoms with van der Waals surface area (Å²) in [6.45, 7) is 1.66. The minimum Gasteiger partial charge on any atom is -0.371 e. The largest absolute Gasteiger partial charge is 0.371 e. The smallest absolute Gasteiger partial charge is 0.326 e. The molecule has 1 N–H and O–H groups in total. The predicted molar refractivity (Wildman–Crippen MR) is 110 cm³/mol. The van der Waals surface area contributed by atoms with Gasteiger partial charge in [-0.05, 0) is 37.1 Å². The second-order valence-corrected chi connectivity index (χ2v) is 7.19. The van der Waals surface area contributed by atoms with E-state index in [1.807, 2.05) is 53.1 Å². The van der Waals surface area contributed by atoms with Crippen molar-refractivity contribution >= 4 is 27.6 Å². The average Bonchev–Trinajstić information content (AvgIpc) is 3.08. The Bertz CT molecular complexity index is 1270. The maximum absolute atomic E-state index is 12.5. The van der Waals surface area contributed by atoms with Crippen molar-refractivity contribution in [2.45, 2.75) is 18.9 Å². The molecule has 0 atom stereocenters. The normalized spacial score (nSPS) is 15.2. The van der Waals surface area contributed by atoms with Crippen LogP contribution in [-0.4, -0.2) is 27.6 Å². The number of anilines is 1. The number of nitriles is 1. The number of hydrogen-bond donors (Lipinski definition) is 1. The predicted octanol–water partition coefficient (Wildman–Crippen LogP) is 3.59. The number of nitrogens with one attached hydrogen (secondary N) is 1. The number of H-pyrrole nitrogens is 1. The standard InChI is InChI=1S/C22H19N5O/c23-14-15-13-21(17-5-1-2-6-18(17)24-15)26-11-9-16(10-12-26)27-20-8-4-3-7-19(20)25-22(27)28/h1-8,13,16H,9-12H2,(H,25,28). The zero-order valence-corrected chi connectivity index (χ0v) is 15.3. The first-order valence-electron chi connectivity index (χ1n) is 9.48. The van der Waals surface area contributed by atoms with Crippen LogP contribution in [0.1, 0.15) is 24.6 Å². The maximum atomic E-state index is 12.5. The van der Waals surface area contributed by atoms with Gasteiger partial charge >= 0.3 is 5.69 Å². The van der Waals surface area contributed by atoms with Crippen molar-refractivity contribution in [3.8, 4) is 6.07 Å². The third-order valence-electron chi connectivity index (χ3n) is 5.60. The van der Waals surface area contributed by atoms with Crippen LogP contribution in [0.4, 0.5) is 5.69 Å². The van der Waals surface area contributed by atoms with Gasteiger partial charge in [0.25, 0.3) is 0 Å². The van der Waals surface area contributed by atoms with Crippen LogP contribution in [-0.2, 0) is 0 Å². The van der Waals surface area contributed by atoms with Crippen LogP contribution in [0, 0.1) is 11.3 Å². The second kappa shape index (κ2) is 6.54. The molecule has 0 aliphatic carbocycles. The molecule has 0 radical (unpaired) electrons. The Morgan fingerprint density at radius 2 is 1.82 bits per heavy atom. The Morgan fingerprint density at radius 1 is 1.07 bits per heavy atom. The fraction of sp³-hybridized carbons (Fsp3) is 0.227. The lowest BCUT2D eigenvalue weighted by Gasteiger charge is -2.34. The number of imidazole rings is 1. The van der Waals surface area contributed by atoms with Gasteiger partial charge in [-0.2, -0.15) is 5.26 Å². The van der Waals surface area contributed by atoms with E-state index in [1.54, 1.807) is 0 Å². The highest BCUT2D eigenvalue weighted by Gasteiger charge is 2.25. The van der Waals surface area contributed by atoms with E-state index >= 15 is 0 Å². The average molecular weight is 369 g/mol. The first-order valence-corrected chi connectivity index (χ1v) is 9.48. The molecule has 0 unspecified atom stereocenters. The second-order valence-electron chi connectivity index (χ2n) is 7.19. The van der Waals surface area contributed by atoms with Gasteiger partial charge in [-0.1, -0.05) is 30.3 Å². The van der Waals surface area contributed by atoms with Crippen LogP contribution >= 0.6 is 0 Å². The van der Waals surface area contributed by atoms with Crippen LogP contribution in [0.3, 0.4) is 0 Å². The highest BCUT2D eigenvalue weighted by atomic mass is 16.1. The van der Waals surface area contributed by atoms with Crippen LogP contribution in [0.2, 0.25) is 0 Å². The molecule has 2 aromatic carbocycles. The number of aromatic nitrogens is 3. The number of para-hydroxylation sites is 3. The first kappa shape index (κ1) is 16.6. The van der Waals surface area contributed by atoms with Gasteiger partial charge in [-0.3, -0.25) is 4.57 Å². The summed E-state index contributed by atoms with van der Waals surface area (Å²) in [5.41, 5.74) is 4.13. The van der Waals surface area contributed by atoms with Crippen LogP contribution in [0.25, 0.3) is 21.9 Å². The number of pyridine rings is 1. The number of hydrogen-bond acceptors (Lipinski definition) is 4. The highest BCUT2D eigenvalue weighted by Crippen LogP contribution is 2.32. The summed E-state index contributed by atoms with van der Waals surface area (Å²) < 4.78 is 1.90. The lowest BCUT2D eigenvalue weighted by atomic mass is 10.0. The molecular weight excluding hydrogens is 350 g/mol. The summed E-state index contributed by atoms with van der Waals surface area (Å²) in [6.07, 6.45) is 1.75. The van der Waals surface area contributed by atoms with Crippen molar-refractivity contribution < 1.29 is 0 Å². The number of benzene rings is 2. The van der Waals surface area contributed by atoms with E-state index in [1.165, 1.54) is 0 Å². The van der Waals surface area contributed by atoms with E-state index in [-0.39, 0.29) is 11.7 Å². The summed E-state index contributed by atoms with van der Waals surface area (Å²) in [4.78, 5) is 22.2. The van der Waals surface area contributed by atoms with E-state index in [0.717, 1.165) is 53.6 Å². The molecule has 1 saturated heterocycles. The molecule has 0 bridgehead atoms. The van der Waals surface area contributed by atoms with Crippen molar-refractivity contribution in [3.05, 3.63) is 70.8 Å². The molecule has 0 spiro atoms. The summed E-state index contributed by atoms with van der Waals surface area (Å²) >= 11 is 0. The lowest BCUT2D eigenvalue weighted by Crippen LogP contribution is -2.37. The monoisotopic (exact) mass is 369 g/mol. The first-order chi connectivity index (χ1) is 13.7. The number of piperidine rings is 1. The van der Waals surface area contributed by atoms with E-state index in [0.29, 0.717) is 5.69 Å². The molecule has 6 nitrogen and oxygen atoms in total. The zero-order valence-electron chi connectivity index (χ0n) is 15.3. The van der Waals surface area contributed by atoms with Gasteiger partial charge in [0.2, 0.25) is 0 Å². The third-order valence-corrected chi connectivity index (χ3v) is 5.60. The molecule has 138 valence electrons. The zero-order chi connectivity index (χ0) is 19.1. The summed E-state index contributed by atoms with van der Waals surface area (Å²) in [7, 11) is 0. The molecule has 6 heteroatoms. The quantitative estimate of drug-likeness (QED) is 0.586. The van der Waals surface area contributed by atoms with Gasteiger partial charge in [-0.15, -0.1) is 0 Å². The summed E-state index contributed by atoms with van der Waals surface area (Å²) in [6, 6.07) is 20.0. The molecule has 28 heavy (non-hydrogen) atoms. The highest BCUT2D eigenvalue weighted by molar-refractivity contribution is 5.92. The lowest BCUT2D eigenvalue weighted by molar-refractivity contribution is 0.397. The minimum atomic E-state index is -0.0409. The van der Waals surface area contributed by atoms with Gasteiger partial charge in [0.15, 0.2) is 0 Å². The van der Waals surface area contributed by atoms with Gasteiger partial charge in [-0.25, -0.2) is 9.78 Å². The molecule has 1 aliphatic heterocycles. The topological polar surface area (TPSA) is 77.7 Å². The number of nitrogens with zero attached hydrogens (tertiary/aromatic N) is 4. The fourth-order valence-electron chi connectivity index (χ4n) is 4.28. The van der Waals surface area contributed by atoms with Crippen molar-refractivity contribution in [1.29, 1.82) is 5.26 Å². The minimum absolute atomic E-state index is 0.0409. The van der Waals surface area contributed by atoms with Crippen molar-refractivity contribution in [2.24, 2.45) is 0 Å². The van der Waals surface area contributed by atoms with Crippen LogP contribution < -0.4 is 10.6 Å². The number of aromatic amines is 1. The molecule has 0 amide bonds. The fourth-order valence-corrected chi connectivity index (χ4v) is 4.28. The van der Waals surface area contributed by atoms with E-state index < -0.39 is 0 Å². The summed E-state index contributed by atoms with van der Waals surface area (Å²) in [5.74, 6) is 0. The third kappa shape index (κ3) is 2.64. The van der Waals surface area contributed by atoms with Gasteiger partial charge < -0.3 is 9.88 Å². The van der Waals surface area contributed by atoms with Crippen LogP contribution in [0.5, 0.6) is 0 Å². The Hall–Kier alpha value is -3.59. The van der Waals surface area contributed by atoms with Crippen molar-refractivity contribution in [2.75, 3.05) is 18.0 Å². The molecule has 0 saturated carbocycles. The SMILES string of the molecule is N#Cc1cc(N2CCC(n3c(=O)[nH]c4ccccc43)CC2)c2ccccc2n1. The van der Waals surface area contributed by atoms with Gasteiger partial charge in [0.05, 0.1) is 16.6 Å². The summed E-state index contributed by atoms with van der Waals surface area (Å²) in [5, 5.41) is 10.4. The molecule has 1 aliphatic rings. The van der Waals surface area contributed by atoms with E-state index in [9.17, 15) is 10.1 Å². The van der Waals surface area contributed by atoms with Crippen molar-refractivity contribution in [3.63, 3.8) is 0 Å². The van der Waals surface area contributed by atoms with Gasteiger partial charge in [0, 0.05) is 30.2 Å².